The van der Waals surface area contributed by atoms with Crippen LogP contribution in [0, 0.1) is 0 Å². The summed E-state index contributed by atoms with van der Waals surface area (Å²) in [5.74, 6) is -0.488. The summed E-state index contributed by atoms with van der Waals surface area (Å²) in [5, 5.41) is 0. The van der Waals surface area contributed by atoms with E-state index in [1.807, 2.05) is 0 Å². The molecule has 0 aromatic rings. The highest BCUT2D eigenvalue weighted by molar-refractivity contribution is 5.66. The monoisotopic (exact) mass is 230 g/mol. The highest BCUT2D eigenvalue weighted by atomic mass is 16.8. The average molecular weight is 230 g/mol. The first-order valence-electron chi connectivity index (χ1n) is 5.62. The van der Waals surface area contributed by atoms with E-state index in [2.05, 4.69) is 4.74 Å². The number of hydrogen-bond acceptors (Lipinski definition) is 5. The predicted octanol–water partition coefficient (Wildman–Crippen LogP) is 2.38. The Balaban J connectivity index is 2.21. The molecule has 1 aliphatic rings. The molecule has 0 bridgehead atoms. The summed E-state index contributed by atoms with van der Waals surface area (Å²) < 4.78 is 14.5. The Labute approximate surface area is 95.0 Å². The Morgan fingerprint density at radius 3 is 2.31 bits per heavy atom. The molecule has 5 nitrogen and oxygen atoms in total. The van der Waals surface area contributed by atoms with Gasteiger partial charge in [0.05, 0.1) is 0 Å². The fourth-order valence-electron chi connectivity index (χ4n) is 1.74. The van der Waals surface area contributed by atoms with E-state index in [1.54, 1.807) is 0 Å². The van der Waals surface area contributed by atoms with E-state index >= 15 is 0 Å². The van der Waals surface area contributed by atoms with Gasteiger partial charge in [-0.05, 0) is 25.7 Å². The SMILES string of the molecule is CC(=O)O[C@@H](C)OC(=O)OC1CCCCC1. The van der Waals surface area contributed by atoms with Crippen molar-refractivity contribution in [2.45, 2.75) is 58.3 Å². The lowest BCUT2D eigenvalue weighted by molar-refractivity contribution is -0.166. The van der Waals surface area contributed by atoms with E-state index < -0.39 is 18.4 Å². The third-order valence-corrected chi connectivity index (χ3v) is 2.41. The zero-order valence-electron chi connectivity index (χ0n) is 9.73. The van der Waals surface area contributed by atoms with Crippen LogP contribution in [0.2, 0.25) is 0 Å². The second-order valence-electron chi connectivity index (χ2n) is 3.92. The minimum absolute atomic E-state index is 0.0502. The molecular weight excluding hydrogens is 212 g/mol. The van der Waals surface area contributed by atoms with Crippen LogP contribution in [0.5, 0.6) is 0 Å². The fourth-order valence-corrected chi connectivity index (χ4v) is 1.74. The normalized spacial score (nSPS) is 18.6. The molecule has 1 aliphatic carbocycles. The predicted molar refractivity (Wildman–Crippen MR) is 55.7 cm³/mol. The molecule has 1 atom stereocenters. The summed E-state index contributed by atoms with van der Waals surface area (Å²) in [6.45, 7) is 2.73. The van der Waals surface area contributed by atoms with E-state index in [1.165, 1.54) is 20.3 Å². The van der Waals surface area contributed by atoms with Gasteiger partial charge in [-0.2, -0.15) is 0 Å². The summed E-state index contributed by atoms with van der Waals surface area (Å²) >= 11 is 0. The van der Waals surface area contributed by atoms with Gasteiger partial charge in [0, 0.05) is 13.8 Å². The van der Waals surface area contributed by atoms with Crippen molar-refractivity contribution in [3.05, 3.63) is 0 Å². The number of esters is 1. The van der Waals surface area contributed by atoms with Crippen LogP contribution in [0.1, 0.15) is 46.0 Å². The minimum atomic E-state index is -0.895. The van der Waals surface area contributed by atoms with Crippen molar-refractivity contribution in [2.24, 2.45) is 0 Å². The molecule has 92 valence electrons. The third kappa shape index (κ3) is 5.00. The lowest BCUT2D eigenvalue weighted by atomic mass is 9.98. The molecule has 0 heterocycles. The van der Waals surface area contributed by atoms with E-state index in [0.29, 0.717) is 0 Å². The van der Waals surface area contributed by atoms with Crippen LogP contribution in [0.15, 0.2) is 0 Å². The van der Waals surface area contributed by atoms with Gasteiger partial charge in [0.2, 0.25) is 6.29 Å². The van der Waals surface area contributed by atoms with Gasteiger partial charge in [-0.15, -0.1) is 0 Å². The molecule has 0 aliphatic heterocycles. The van der Waals surface area contributed by atoms with Crippen molar-refractivity contribution in [2.75, 3.05) is 0 Å². The molecule has 0 unspecified atom stereocenters. The molecule has 0 aromatic carbocycles. The lowest BCUT2D eigenvalue weighted by Gasteiger charge is -2.22. The van der Waals surface area contributed by atoms with E-state index in [4.69, 9.17) is 9.47 Å². The molecule has 0 radical (unpaired) electrons. The summed E-state index contributed by atoms with van der Waals surface area (Å²) in [7, 11) is 0. The third-order valence-electron chi connectivity index (χ3n) is 2.41. The topological polar surface area (TPSA) is 61.8 Å². The Kier molecular flexibility index (Phi) is 5.08. The highest BCUT2D eigenvalue weighted by Gasteiger charge is 2.20. The fraction of sp³-hybridized carbons (Fsp3) is 0.818. The zero-order valence-corrected chi connectivity index (χ0v) is 9.73. The Bertz CT molecular complexity index is 245. The van der Waals surface area contributed by atoms with Crippen LogP contribution in [0.3, 0.4) is 0 Å². The van der Waals surface area contributed by atoms with Crippen molar-refractivity contribution in [3.8, 4) is 0 Å². The summed E-state index contributed by atoms with van der Waals surface area (Å²) in [6, 6.07) is 0. The minimum Gasteiger partial charge on any atom is -0.431 e. The van der Waals surface area contributed by atoms with Gasteiger partial charge in [0.25, 0.3) is 0 Å². The van der Waals surface area contributed by atoms with Gasteiger partial charge >= 0.3 is 12.1 Å². The first-order valence-corrected chi connectivity index (χ1v) is 5.62. The number of carbonyl (C=O) groups excluding carboxylic acids is 2. The largest absolute Gasteiger partial charge is 0.511 e. The van der Waals surface area contributed by atoms with Crippen LogP contribution in [0.4, 0.5) is 4.79 Å². The first kappa shape index (κ1) is 12.8. The molecule has 1 saturated carbocycles. The summed E-state index contributed by atoms with van der Waals surface area (Å²) in [5.41, 5.74) is 0. The second-order valence-corrected chi connectivity index (χ2v) is 3.92. The molecule has 5 heteroatoms. The maximum atomic E-state index is 11.3. The van der Waals surface area contributed by atoms with Gasteiger partial charge in [0.15, 0.2) is 0 Å². The Hall–Kier alpha value is -1.26. The maximum Gasteiger partial charge on any atom is 0.511 e. The standard InChI is InChI=1S/C11H18O5/c1-8(12)14-9(2)15-11(13)16-10-6-4-3-5-7-10/h9-10H,3-7H2,1-2H3/t9-/m1/s1. The van der Waals surface area contributed by atoms with Crippen molar-refractivity contribution in [3.63, 3.8) is 0 Å². The van der Waals surface area contributed by atoms with Crippen LogP contribution < -0.4 is 0 Å². The van der Waals surface area contributed by atoms with Gasteiger partial charge in [-0.3, -0.25) is 4.79 Å². The smallest absolute Gasteiger partial charge is 0.431 e. The maximum absolute atomic E-state index is 11.3. The van der Waals surface area contributed by atoms with E-state index in [-0.39, 0.29) is 6.10 Å². The quantitative estimate of drug-likeness (QED) is 0.550. The van der Waals surface area contributed by atoms with Gasteiger partial charge in [0.1, 0.15) is 6.10 Å². The number of hydrogen-bond donors (Lipinski definition) is 0. The molecule has 0 spiro atoms. The molecule has 16 heavy (non-hydrogen) atoms. The summed E-state index contributed by atoms with van der Waals surface area (Å²) in [4.78, 5) is 21.8. The van der Waals surface area contributed by atoms with Crippen molar-refractivity contribution in [1.82, 2.24) is 0 Å². The van der Waals surface area contributed by atoms with E-state index in [9.17, 15) is 9.59 Å². The zero-order chi connectivity index (χ0) is 12.0. The molecule has 0 amide bonds. The average Bonchev–Trinajstić information content (AvgIpc) is 2.17. The number of ether oxygens (including phenoxy) is 3. The van der Waals surface area contributed by atoms with Crippen molar-refractivity contribution < 1.29 is 23.8 Å². The molecule has 0 aromatic heterocycles. The highest BCUT2D eigenvalue weighted by Crippen LogP contribution is 2.20. The summed E-state index contributed by atoms with van der Waals surface area (Å²) in [6.07, 6.45) is 3.42. The van der Waals surface area contributed by atoms with Crippen LogP contribution in [-0.4, -0.2) is 24.5 Å². The van der Waals surface area contributed by atoms with E-state index in [0.717, 1.165) is 25.7 Å². The van der Waals surface area contributed by atoms with Crippen molar-refractivity contribution in [1.29, 1.82) is 0 Å². The van der Waals surface area contributed by atoms with Gasteiger partial charge in [-0.1, -0.05) is 6.42 Å². The molecule has 1 fully saturated rings. The van der Waals surface area contributed by atoms with Gasteiger partial charge in [-0.25, -0.2) is 4.79 Å². The molecule has 0 saturated heterocycles. The lowest BCUT2D eigenvalue weighted by Crippen LogP contribution is -2.26. The molecule has 1 rings (SSSR count). The molecular formula is C11H18O5. The van der Waals surface area contributed by atoms with Gasteiger partial charge < -0.3 is 14.2 Å². The second kappa shape index (κ2) is 6.35. The van der Waals surface area contributed by atoms with Crippen LogP contribution >= 0.6 is 0 Å². The van der Waals surface area contributed by atoms with Crippen molar-refractivity contribution >= 4 is 12.1 Å². The number of carbonyl (C=O) groups is 2. The Morgan fingerprint density at radius 2 is 1.75 bits per heavy atom. The van der Waals surface area contributed by atoms with Crippen LogP contribution in [-0.2, 0) is 19.0 Å². The number of rotatable bonds is 3. The van der Waals surface area contributed by atoms with Crippen LogP contribution in [0.25, 0.3) is 0 Å². The molecule has 0 N–H and O–H groups in total. The Morgan fingerprint density at radius 1 is 1.12 bits per heavy atom. The first-order chi connectivity index (χ1) is 7.58.